The zero-order chi connectivity index (χ0) is 18.8. The molecule has 1 aromatic heterocycles. The predicted molar refractivity (Wildman–Crippen MR) is 86.6 cm³/mol. The highest BCUT2D eigenvalue weighted by Gasteiger charge is 2.35. The predicted octanol–water partition coefficient (Wildman–Crippen LogP) is 2.79. The van der Waals surface area contributed by atoms with Crippen LogP contribution < -0.4 is 5.56 Å². The van der Waals surface area contributed by atoms with E-state index in [0.717, 1.165) is 30.3 Å². The van der Waals surface area contributed by atoms with E-state index in [1.54, 1.807) is 13.8 Å². The maximum Gasteiger partial charge on any atom is 0.416 e. The lowest BCUT2D eigenvalue weighted by atomic mass is 10.0. The lowest BCUT2D eigenvalue weighted by molar-refractivity contribution is -0.141. The first-order chi connectivity index (χ1) is 11.6. The van der Waals surface area contributed by atoms with Crippen LogP contribution in [0.25, 0.3) is 0 Å². The van der Waals surface area contributed by atoms with E-state index in [0.29, 0.717) is 12.6 Å². The molecule has 0 amide bonds. The van der Waals surface area contributed by atoms with Gasteiger partial charge in [-0.1, -0.05) is 13.8 Å². The molecule has 2 heterocycles. The average Bonchev–Trinajstić information content (AvgIpc) is 2.43. The molecule has 8 heteroatoms. The van der Waals surface area contributed by atoms with Crippen molar-refractivity contribution in [3.63, 3.8) is 0 Å². The summed E-state index contributed by atoms with van der Waals surface area (Å²) in [6.45, 7) is 5.77. The van der Waals surface area contributed by atoms with Gasteiger partial charge in [-0.3, -0.25) is 4.79 Å². The fraction of sp³-hybridized carbons (Fsp3) is 0.647. The summed E-state index contributed by atoms with van der Waals surface area (Å²) in [5.41, 5.74) is -1.94. The van der Waals surface area contributed by atoms with Gasteiger partial charge in [-0.05, 0) is 43.8 Å². The van der Waals surface area contributed by atoms with Gasteiger partial charge in [-0.25, -0.2) is 4.79 Å². The highest BCUT2D eigenvalue weighted by atomic mass is 19.4. The second-order valence-corrected chi connectivity index (χ2v) is 6.88. The van der Waals surface area contributed by atoms with Gasteiger partial charge in [0, 0.05) is 18.8 Å². The van der Waals surface area contributed by atoms with E-state index in [4.69, 9.17) is 0 Å². The Balaban J connectivity index is 2.42. The Hall–Kier alpha value is -1.83. The number of aliphatic carboxylic acids is 1. The van der Waals surface area contributed by atoms with E-state index in [1.165, 1.54) is 0 Å². The number of halogens is 3. The number of aromatic nitrogens is 1. The molecular formula is C17H23F3N2O3. The molecule has 0 bridgehead atoms. The zero-order valence-electron chi connectivity index (χ0n) is 14.3. The van der Waals surface area contributed by atoms with E-state index < -0.39 is 29.3 Å². The van der Waals surface area contributed by atoms with Crippen LogP contribution >= 0.6 is 0 Å². The molecule has 1 unspecified atom stereocenters. The molecule has 1 aliphatic heterocycles. The number of carboxylic acid groups (broad SMARTS) is 1. The minimum Gasteiger partial charge on any atom is -0.480 e. The molecule has 0 saturated carbocycles. The number of hydrogen-bond donors (Lipinski definition) is 1. The van der Waals surface area contributed by atoms with Crippen LogP contribution in [0.15, 0.2) is 17.1 Å². The first-order valence-electron chi connectivity index (χ1n) is 8.37. The van der Waals surface area contributed by atoms with Gasteiger partial charge in [0.25, 0.3) is 5.56 Å². The smallest absolute Gasteiger partial charge is 0.416 e. The van der Waals surface area contributed by atoms with Crippen molar-refractivity contribution in [1.29, 1.82) is 0 Å². The van der Waals surface area contributed by atoms with Crippen LogP contribution in [0.3, 0.4) is 0 Å². The Morgan fingerprint density at radius 1 is 1.32 bits per heavy atom. The van der Waals surface area contributed by atoms with Crippen molar-refractivity contribution in [1.82, 2.24) is 9.47 Å². The Morgan fingerprint density at radius 3 is 2.40 bits per heavy atom. The molecule has 140 valence electrons. The molecule has 1 aliphatic rings. The van der Waals surface area contributed by atoms with Crippen LogP contribution in [0.4, 0.5) is 13.2 Å². The SMILES string of the molecule is CC(C)CC(C(=O)O)n1cc(CCN2CCC2)c(C(F)(F)F)cc1=O. The zero-order valence-corrected chi connectivity index (χ0v) is 14.3. The molecule has 2 rings (SSSR count). The molecule has 1 N–H and O–H groups in total. The molecule has 5 nitrogen and oxygen atoms in total. The topological polar surface area (TPSA) is 62.5 Å². The number of pyridine rings is 1. The van der Waals surface area contributed by atoms with Gasteiger partial charge in [0.2, 0.25) is 0 Å². The lowest BCUT2D eigenvalue weighted by Gasteiger charge is -2.31. The largest absolute Gasteiger partial charge is 0.480 e. The molecule has 0 spiro atoms. The first-order valence-corrected chi connectivity index (χ1v) is 8.37. The third kappa shape index (κ3) is 4.84. The quantitative estimate of drug-likeness (QED) is 0.812. The molecule has 1 atom stereocenters. The summed E-state index contributed by atoms with van der Waals surface area (Å²) in [4.78, 5) is 25.7. The molecule has 1 saturated heterocycles. The number of likely N-dealkylation sites (tertiary alicyclic amines) is 1. The van der Waals surface area contributed by atoms with Crippen molar-refractivity contribution in [2.24, 2.45) is 5.92 Å². The monoisotopic (exact) mass is 360 g/mol. The molecule has 25 heavy (non-hydrogen) atoms. The fourth-order valence-electron chi connectivity index (χ4n) is 2.96. The second-order valence-electron chi connectivity index (χ2n) is 6.88. The van der Waals surface area contributed by atoms with Gasteiger partial charge in [-0.2, -0.15) is 13.2 Å². The maximum atomic E-state index is 13.3. The van der Waals surface area contributed by atoms with Crippen molar-refractivity contribution in [3.8, 4) is 0 Å². The Bertz CT molecular complexity index is 679. The minimum atomic E-state index is -4.64. The number of carbonyl (C=O) groups is 1. The van der Waals surface area contributed by atoms with E-state index in [1.807, 2.05) is 4.90 Å². The van der Waals surface area contributed by atoms with Gasteiger partial charge in [0.1, 0.15) is 6.04 Å². The van der Waals surface area contributed by atoms with Crippen molar-refractivity contribution in [2.75, 3.05) is 19.6 Å². The third-order valence-corrected chi connectivity index (χ3v) is 4.43. The van der Waals surface area contributed by atoms with Crippen molar-refractivity contribution in [2.45, 2.75) is 45.3 Å². The number of hydrogen-bond acceptors (Lipinski definition) is 3. The van der Waals surface area contributed by atoms with E-state index in [2.05, 4.69) is 0 Å². The number of nitrogens with zero attached hydrogens (tertiary/aromatic N) is 2. The summed E-state index contributed by atoms with van der Waals surface area (Å²) >= 11 is 0. The summed E-state index contributed by atoms with van der Waals surface area (Å²) in [7, 11) is 0. The standard InChI is InChI=1S/C17H23F3N2O3/c1-11(2)8-14(16(24)25)22-10-12(4-7-21-5-3-6-21)13(9-15(22)23)17(18,19)20/h9-11,14H,3-8H2,1-2H3,(H,24,25). The van der Waals surface area contributed by atoms with E-state index in [9.17, 15) is 27.9 Å². The van der Waals surface area contributed by atoms with Gasteiger partial charge >= 0.3 is 12.1 Å². The lowest BCUT2D eigenvalue weighted by Crippen LogP contribution is -2.39. The van der Waals surface area contributed by atoms with Crippen LogP contribution in [-0.4, -0.2) is 40.2 Å². The summed E-state index contributed by atoms with van der Waals surface area (Å²) < 4.78 is 40.7. The summed E-state index contributed by atoms with van der Waals surface area (Å²) in [6.07, 6.45) is -2.22. The average molecular weight is 360 g/mol. The van der Waals surface area contributed by atoms with E-state index >= 15 is 0 Å². The summed E-state index contributed by atoms with van der Waals surface area (Å²) in [5.74, 6) is -1.23. The second kappa shape index (κ2) is 7.59. The van der Waals surface area contributed by atoms with Crippen molar-refractivity contribution < 1.29 is 23.1 Å². The third-order valence-electron chi connectivity index (χ3n) is 4.43. The first kappa shape index (κ1) is 19.5. The van der Waals surface area contributed by atoms with Crippen LogP contribution in [-0.2, 0) is 17.4 Å². The van der Waals surface area contributed by atoms with Crippen LogP contribution in [0, 0.1) is 5.92 Å². The normalized spacial score (nSPS) is 16.7. The highest BCUT2D eigenvalue weighted by molar-refractivity contribution is 5.71. The molecule has 1 fully saturated rings. The van der Waals surface area contributed by atoms with E-state index in [-0.39, 0.29) is 24.3 Å². The summed E-state index contributed by atoms with van der Waals surface area (Å²) in [6, 6.07) is -0.639. The highest BCUT2D eigenvalue weighted by Crippen LogP contribution is 2.32. The van der Waals surface area contributed by atoms with Crippen LogP contribution in [0.5, 0.6) is 0 Å². The van der Waals surface area contributed by atoms with Crippen molar-refractivity contribution in [3.05, 3.63) is 33.7 Å². The van der Waals surface area contributed by atoms with Gasteiger partial charge in [-0.15, -0.1) is 0 Å². The van der Waals surface area contributed by atoms with Gasteiger partial charge in [0.05, 0.1) is 5.56 Å². The molecular weight excluding hydrogens is 337 g/mol. The van der Waals surface area contributed by atoms with Crippen molar-refractivity contribution >= 4 is 5.97 Å². The summed E-state index contributed by atoms with van der Waals surface area (Å²) in [5, 5.41) is 9.40. The number of carboxylic acids is 1. The maximum absolute atomic E-state index is 13.3. The van der Waals surface area contributed by atoms with Crippen LogP contribution in [0.2, 0.25) is 0 Å². The Labute approximate surface area is 144 Å². The van der Waals surface area contributed by atoms with Gasteiger partial charge < -0.3 is 14.6 Å². The molecule has 0 radical (unpaired) electrons. The number of alkyl halides is 3. The molecule has 1 aromatic rings. The number of rotatable bonds is 7. The molecule has 0 aromatic carbocycles. The Morgan fingerprint density at radius 2 is 1.96 bits per heavy atom. The van der Waals surface area contributed by atoms with Gasteiger partial charge in [0.15, 0.2) is 0 Å². The van der Waals surface area contributed by atoms with Crippen LogP contribution in [0.1, 0.15) is 43.9 Å². The Kier molecular flexibility index (Phi) is 5.92. The minimum absolute atomic E-state index is 0.0140. The fourth-order valence-corrected chi connectivity index (χ4v) is 2.96. The molecule has 0 aliphatic carbocycles.